The van der Waals surface area contributed by atoms with E-state index in [4.69, 9.17) is 4.74 Å². The molecule has 1 N–H and O–H groups in total. The van der Waals surface area contributed by atoms with Gasteiger partial charge in [-0.2, -0.15) is 0 Å². The van der Waals surface area contributed by atoms with Crippen molar-refractivity contribution >= 4 is 5.91 Å². The highest BCUT2D eigenvalue weighted by molar-refractivity contribution is 5.96. The molecule has 0 saturated heterocycles. The van der Waals surface area contributed by atoms with E-state index in [1.165, 1.54) is 5.56 Å². The van der Waals surface area contributed by atoms with Gasteiger partial charge in [0.2, 0.25) is 0 Å². The number of hydrogen-bond acceptors (Lipinski definition) is 2. The molecule has 3 nitrogen and oxygen atoms in total. The number of amides is 1. The third-order valence-corrected chi connectivity index (χ3v) is 3.20. The number of carbonyl (C=O) groups is 1. The summed E-state index contributed by atoms with van der Waals surface area (Å²) in [5.41, 5.74) is 2.93. The first kappa shape index (κ1) is 14.1. The summed E-state index contributed by atoms with van der Waals surface area (Å²) in [4.78, 5) is 12.2. The minimum Gasteiger partial charge on any atom is -0.496 e. The predicted octanol–water partition coefficient (Wildman–Crippen LogP) is 3.19. The predicted molar refractivity (Wildman–Crippen MR) is 80.0 cm³/mol. The second-order valence-electron chi connectivity index (χ2n) is 4.56. The van der Waals surface area contributed by atoms with Crippen LogP contribution in [0.3, 0.4) is 0 Å². The number of aryl methyl sites for hydroxylation is 1. The van der Waals surface area contributed by atoms with Crippen LogP contribution in [0, 0.1) is 0 Å². The van der Waals surface area contributed by atoms with E-state index in [0.29, 0.717) is 17.9 Å². The summed E-state index contributed by atoms with van der Waals surface area (Å²) in [7, 11) is 1.57. The molecule has 0 aliphatic carbocycles. The Kier molecular flexibility index (Phi) is 4.77. The van der Waals surface area contributed by atoms with Crippen LogP contribution in [0.5, 0.6) is 5.75 Å². The van der Waals surface area contributed by atoms with Crippen molar-refractivity contribution in [1.29, 1.82) is 0 Å². The van der Waals surface area contributed by atoms with Gasteiger partial charge in [-0.25, -0.2) is 0 Å². The second kappa shape index (κ2) is 6.75. The molecule has 1 amide bonds. The first-order valence-electron chi connectivity index (χ1n) is 6.73. The third-order valence-electron chi connectivity index (χ3n) is 3.20. The molecule has 2 rings (SSSR count). The van der Waals surface area contributed by atoms with Gasteiger partial charge in [-0.15, -0.1) is 0 Å². The number of para-hydroxylation sites is 1. The SMILES string of the molecule is CCc1cccc(CNC(=O)c2ccccc2OC)c1. The normalized spacial score (nSPS) is 10.1. The zero-order chi connectivity index (χ0) is 14.4. The first-order valence-corrected chi connectivity index (χ1v) is 6.73. The summed E-state index contributed by atoms with van der Waals surface area (Å²) in [6.07, 6.45) is 0.994. The molecule has 20 heavy (non-hydrogen) atoms. The third kappa shape index (κ3) is 3.38. The summed E-state index contributed by atoms with van der Waals surface area (Å²) >= 11 is 0. The lowest BCUT2D eigenvalue weighted by Gasteiger charge is -2.09. The fourth-order valence-electron chi connectivity index (χ4n) is 2.07. The zero-order valence-corrected chi connectivity index (χ0v) is 11.8. The van der Waals surface area contributed by atoms with Gasteiger partial charge in [0.15, 0.2) is 0 Å². The van der Waals surface area contributed by atoms with Crippen LogP contribution in [-0.4, -0.2) is 13.0 Å². The Labute approximate surface area is 119 Å². The smallest absolute Gasteiger partial charge is 0.255 e. The number of benzene rings is 2. The number of rotatable bonds is 5. The van der Waals surface area contributed by atoms with E-state index in [0.717, 1.165) is 12.0 Å². The number of carbonyl (C=O) groups excluding carboxylic acids is 1. The first-order chi connectivity index (χ1) is 9.74. The van der Waals surface area contributed by atoms with Crippen LogP contribution in [0.2, 0.25) is 0 Å². The number of methoxy groups -OCH3 is 1. The molecule has 0 spiro atoms. The maximum Gasteiger partial charge on any atom is 0.255 e. The van der Waals surface area contributed by atoms with Crippen molar-refractivity contribution in [3.05, 3.63) is 65.2 Å². The molecule has 0 bridgehead atoms. The van der Waals surface area contributed by atoms with Crippen LogP contribution in [0.15, 0.2) is 48.5 Å². The molecule has 0 aliphatic heterocycles. The van der Waals surface area contributed by atoms with E-state index in [2.05, 4.69) is 24.4 Å². The van der Waals surface area contributed by atoms with Crippen molar-refractivity contribution in [3.63, 3.8) is 0 Å². The van der Waals surface area contributed by atoms with Gasteiger partial charge in [0, 0.05) is 6.54 Å². The Balaban J connectivity index is 2.04. The average Bonchev–Trinajstić information content (AvgIpc) is 2.52. The molecule has 0 radical (unpaired) electrons. The van der Waals surface area contributed by atoms with E-state index in [-0.39, 0.29) is 5.91 Å². The molecule has 0 aliphatic rings. The fraction of sp³-hybridized carbons (Fsp3) is 0.235. The van der Waals surface area contributed by atoms with Gasteiger partial charge in [-0.05, 0) is 29.7 Å². The maximum atomic E-state index is 12.2. The Morgan fingerprint density at radius 1 is 1.10 bits per heavy atom. The van der Waals surface area contributed by atoms with E-state index in [1.807, 2.05) is 24.3 Å². The quantitative estimate of drug-likeness (QED) is 0.905. The van der Waals surface area contributed by atoms with Gasteiger partial charge < -0.3 is 10.1 Å². The number of nitrogens with one attached hydrogen (secondary N) is 1. The van der Waals surface area contributed by atoms with E-state index >= 15 is 0 Å². The van der Waals surface area contributed by atoms with Crippen molar-refractivity contribution in [1.82, 2.24) is 5.32 Å². The molecule has 2 aromatic carbocycles. The summed E-state index contributed by atoms with van der Waals surface area (Å²) in [5, 5.41) is 2.92. The molecule has 0 saturated carbocycles. The number of hydrogen-bond donors (Lipinski definition) is 1. The largest absolute Gasteiger partial charge is 0.496 e. The molecular formula is C17H19NO2. The zero-order valence-electron chi connectivity index (χ0n) is 11.8. The lowest BCUT2D eigenvalue weighted by atomic mass is 10.1. The molecule has 0 heterocycles. The highest BCUT2D eigenvalue weighted by atomic mass is 16.5. The number of ether oxygens (including phenoxy) is 1. The summed E-state index contributed by atoms with van der Waals surface area (Å²) < 4.78 is 5.19. The fourth-order valence-corrected chi connectivity index (χ4v) is 2.07. The maximum absolute atomic E-state index is 12.2. The summed E-state index contributed by atoms with van der Waals surface area (Å²) in [6.45, 7) is 2.64. The van der Waals surface area contributed by atoms with Crippen LogP contribution in [0.1, 0.15) is 28.4 Å². The van der Waals surface area contributed by atoms with Crippen molar-refractivity contribution in [2.24, 2.45) is 0 Å². The molecule has 3 heteroatoms. The lowest BCUT2D eigenvalue weighted by Crippen LogP contribution is -2.23. The van der Waals surface area contributed by atoms with E-state index in [1.54, 1.807) is 19.2 Å². The summed E-state index contributed by atoms with van der Waals surface area (Å²) in [6, 6.07) is 15.5. The average molecular weight is 269 g/mol. The molecule has 0 fully saturated rings. The minimum absolute atomic E-state index is 0.121. The van der Waals surface area contributed by atoms with Gasteiger partial charge in [0.1, 0.15) is 5.75 Å². The highest BCUT2D eigenvalue weighted by Crippen LogP contribution is 2.17. The van der Waals surface area contributed by atoms with Gasteiger partial charge in [-0.1, -0.05) is 43.3 Å². The van der Waals surface area contributed by atoms with Gasteiger partial charge in [0.25, 0.3) is 5.91 Å². The molecule has 104 valence electrons. The van der Waals surface area contributed by atoms with Crippen LogP contribution in [0.4, 0.5) is 0 Å². The Hall–Kier alpha value is -2.29. The molecular weight excluding hydrogens is 250 g/mol. The second-order valence-corrected chi connectivity index (χ2v) is 4.56. The van der Waals surface area contributed by atoms with Gasteiger partial charge in [0.05, 0.1) is 12.7 Å². The molecule has 0 unspecified atom stereocenters. The van der Waals surface area contributed by atoms with Crippen LogP contribution in [-0.2, 0) is 13.0 Å². The monoisotopic (exact) mass is 269 g/mol. The van der Waals surface area contributed by atoms with Crippen molar-refractivity contribution in [3.8, 4) is 5.75 Å². The lowest BCUT2D eigenvalue weighted by molar-refractivity contribution is 0.0948. The van der Waals surface area contributed by atoms with Crippen LogP contribution >= 0.6 is 0 Å². The topological polar surface area (TPSA) is 38.3 Å². The van der Waals surface area contributed by atoms with Crippen molar-refractivity contribution in [2.45, 2.75) is 19.9 Å². The highest BCUT2D eigenvalue weighted by Gasteiger charge is 2.10. The van der Waals surface area contributed by atoms with E-state index < -0.39 is 0 Å². The van der Waals surface area contributed by atoms with Crippen molar-refractivity contribution < 1.29 is 9.53 Å². The van der Waals surface area contributed by atoms with Crippen LogP contribution in [0.25, 0.3) is 0 Å². The van der Waals surface area contributed by atoms with E-state index in [9.17, 15) is 4.79 Å². The minimum atomic E-state index is -0.121. The molecule has 0 atom stereocenters. The molecule has 0 aromatic heterocycles. The Bertz CT molecular complexity index is 593. The molecule has 2 aromatic rings. The van der Waals surface area contributed by atoms with Gasteiger partial charge in [-0.3, -0.25) is 4.79 Å². The van der Waals surface area contributed by atoms with Crippen molar-refractivity contribution in [2.75, 3.05) is 7.11 Å². The standard InChI is InChI=1S/C17H19NO2/c1-3-13-7-6-8-14(11-13)12-18-17(19)15-9-4-5-10-16(15)20-2/h4-11H,3,12H2,1-2H3,(H,18,19). The Morgan fingerprint density at radius 2 is 1.85 bits per heavy atom. The van der Waals surface area contributed by atoms with Gasteiger partial charge >= 0.3 is 0 Å². The van der Waals surface area contributed by atoms with Crippen LogP contribution < -0.4 is 10.1 Å². The summed E-state index contributed by atoms with van der Waals surface area (Å²) in [5.74, 6) is 0.469. The Morgan fingerprint density at radius 3 is 2.60 bits per heavy atom.